The van der Waals surface area contributed by atoms with Gasteiger partial charge < -0.3 is 14.4 Å². The predicted octanol–water partition coefficient (Wildman–Crippen LogP) is 4.04. The minimum absolute atomic E-state index is 0.0457. The fourth-order valence-electron chi connectivity index (χ4n) is 2.93. The molecule has 1 amide bonds. The van der Waals surface area contributed by atoms with Crippen molar-refractivity contribution in [2.24, 2.45) is 0 Å². The van der Waals surface area contributed by atoms with Crippen LogP contribution in [-0.4, -0.2) is 36.7 Å². The zero-order chi connectivity index (χ0) is 18.5. The predicted molar refractivity (Wildman–Crippen MR) is 97.7 cm³/mol. The lowest BCUT2D eigenvalue weighted by molar-refractivity contribution is 0.0729. The van der Waals surface area contributed by atoms with Crippen molar-refractivity contribution in [1.29, 1.82) is 0 Å². The van der Waals surface area contributed by atoms with E-state index in [1.54, 1.807) is 19.2 Å². The molecule has 0 unspecified atom stereocenters. The molecule has 4 nitrogen and oxygen atoms in total. The van der Waals surface area contributed by atoms with Gasteiger partial charge in [0.2, 0.25) is 0 Å². The Morgan fingerprint density at radius 2 is 1.96 bits per heavy atom. The third-order valence-electron chi connectivity index (χ3n) is 4.33. The summed E-state index contributed by atoms with van der Waals surface area (Å²) in [6.45, 7) is 2.98. The first-order valence-electron chi connectivity index (χ1n) is 8.88. The first-order chi connectivity index (χ1) is 12.6. The maximum Gasteiger partial charge on any atom is 0.254 e. The van der Waals surface area contributed by atoms with E-state index < -0.39 is 0 Å². The molecule has 0 spiro atoms. The van der Waals surface area contributed by atoms with Crippen LogP contribution in [-0.2, 0) is 11.3 Å². The molecule has 0 bridgehead atoms. The van der Waals surface area contributed by atoms with Crippen LogP contribution in [0, 0.1) is 5.82 Å². The molecule has 0 radical (unpaired) electrons. The number of rotatable bonds is 8. The summed E-state index contributed by atoms with van der Waals surface area (Å²) >= 11 is 0. The maximum absolute atomic E-state index is 13.1. The third-order valence-corrected chi connectivity index (χ3v) is 4.33. The van der Waals surface area contributed by atoms with Gasteiger partial charge in [-0.05, 0) is 61.7 Å². The molecule has 1 aliphatic carbocycles. The van der Waals surface area contributed by atoms with E-state index in [2.05, 4.69) is 0 Å². The lowest BCUT2D eigenvalue weighted by Crippen LogP contribution is -2.32. The minimum atomic E-state index is -0.338. The van der Waals surface area contributed by atoms with Gasteiger partial charge in [-0.3, -0.25) is 4.79 Å². The molecular weight excluding hydrogens is 333 g/mol. The second kappa shape index (κ2) is 8.32. The summed E-state index contributed by atoms with van der Waals surface area (Å²) in [5.74, 6) is 0.359. The first-order valence-corrected chi connectivity index (χ1v) is 8.88. The number of methoxy groups -OCH3 is 1. The average Bonchev–Trinajstić information content (AvgIpc) is 3.45. The van der Waals surface area contributed by atoms with Crippen molar-refractivity contribution in [2.45, 2.75) is 38.5 Å². The number of halogens is 1. The molecule has 5 heteroatoms. The maximum atomic E-state index is 13.1. The zero-order valence-corrected chi connectivity index (χ0v) is 15.2. The van der Waals surface area contributed by atoms with E-state index in [1.165, 1.54) is 12.1 Å². The molecule has 1 aliphatic rings. The Bertz CT molecular complexity index is 743. The van der Waals surface area contributed by atoms with Gasteiger partial charge >= 0.3 is 0 Å². The van der Waals surface area contributed by atoms with Crippen molar-refractivity contribution in [2.75, 3.05) is 13.7 Å². The first kappa shape index (κ1) is 18.4. The summed E-state index contributed by atoms with van der Waals surface area (Å²) in [6, 6.07) is 13.8. The second-order valence-electron chi connectivity index (χ2n) is 6.70. The van der Waals surface area contributed by atoms with Gasteiger partial charge in [0.15, 0.2) is 0 Å². The summed E-state index contributed by atoms with van der Waals surface area (Å²) in [4.78, 5) is 14.7. The van der Waals surface area contributed by atoms with E-state index in [9.17, 15) is 9.18 Å². The average molecular weight is 357 g/mol. The molecule has 138 valence electrons. The van der Waals surface area contributed by atoms with Crippen LogP contribution < -0.4 is 4.74 Å². The fraction of sp³-hybridized carbons (Fsp3) is 0.381. The normalized spacial score (nSPS) is 14.7. The Hall–Kier alpha value is -2.40. The lowest BCUT2D eigenvalue weighted by Gasteiger charge is -2.23. The highest BCUT2D eigenvalue weighted by atomic mass is 19.1. The van der Waals surface area contributed by atoms with Gasteiger partial charge in [-0.2, -0.15) is 0 Å². The molecule has 0 saturated heterocycles. The van der Waals surface area contributed by atoms with Crippen molar-refractivity contribution < 1.29 is 18.7 Å². The Balaban J connectivity index is 1.72. The van der Waals surface area contributed by atoms with Crippen LogP contribution in [0.4, 0.5) is 4.39 Å². The minimum Gasteiger partial charge on any atom is -0.488 e. The van der Waals surface area contributed by atoms with Crippen LogP contribution in [0.5, 0.6) is 5.75 Å². The highest BCUT2D eigenvalue weighted by Gasteiger charge is 2.33. The van der Waals surface area contributed by atoms with E-state index in [0.29, 0.717) is 18.7 Å². The number of carbonyl (C=O) groups is 1. The third kappa shape index (κ3) is 4.82. The van der Waals surface area contributed by atoms with Crippen LogP contribution >= 0.6 is 0 Å². The van der Waals surface area contributed by atoms with E-state index in [1.807, 2.05) is 36.1 Å². The molecule has 1 saturated carbocycles. The SMILES string of the molecule is COC[C@@H](C)Oc1cccc(CN(C(=O)c2ccc(F)cc2)C2CC2)c1. The molecule has 0 N–H and O–H groups in total. The van der Waals surface area contributed by atoms with Crippen molar-refractivity contribution in [1.82, 2.24) is 4.90 Å². The number of hydrogen-bond acceptors (Lipinski definition) is 3. The van der Waals surface area contributed by atoms with Gasteiger partial charge in [-0.25, -0.2) is 4.39 Å². The topological polar surface area (TPSA) is 38.8 Å². The second-order valence-corrected chi connectivity index (χ2v) is 6.70. The van der Waals surface area contributed by atoms with E-state index in [4.69, 9.17) is 9.47 Å². The van der Waals surface area contributed by atoms with E-state index in [-0.39, 0.29) is 23.9 Å². The number of amides is 1. The molecule has 0 heterocycles. The highest BCUT2D eigenvalue weighted by molar-refractivity contribution is 5.94. The van der Waals surface area contributed by atoms with E-state index in [0.717, 1.165) is 24.2 Å². The summed E-state index contributed by atoms with van der Waals surface area (Å²) in [5, 5.41) is 0. The van der Waals surface area contributed by atoms with Gasteiger partial charge in [0, 0.05) is 25.3 Å². The van der Waals surface area contributed by atoms with Crippen molar-refractivity contribution in [3.63, 3.8) is 0 Å². The fourth-order valence-corrected chi connectivity index (χ4v) is 2.93. The molecule has 1 atom stereocenters. The molecule has 3 rings (SSSR count). The standard InChI is InChI=1S/C21H24FNO3/c1-15(14-25-2)26-20-5-3-4-16(12-20)13-23(19-10-11-19)21(24)17-6-8-18(22)9-7-17/h3-9,12,15,19H,10-11,13-14H2,1-2H3/t15-/m1/s1. The monoisotopic (exact) mass is 357 g/mol. The number of hydrogen-bond donors (Lipinski definition) is 0. The summed E-state index contributed by atoms with van der Waals surface area (Å²) in [5.41, 5.74) is 1.52. The molecular formula is C21H24FNO3. The summed E-state index contributed by atoms with van der Waals surface area (Å²) in [6.07, 6.45) is 1.97. The Morgan fingerprint density at radius 1 is 1.23 bits per heavy atom. The van der Waals surface area contributed by atoms with Crippen molar-refractivity contribution >= 4 is 5.91 Å². The highest BCUT2D eigenvalue weighted by Crippen LogP contribution is 2.30. The molecule has 2 aromatic carbocycles. The molecule has 0 aliphatic heterocycles. The number of carbonyl (C=O) groups excluding carboxylic acids is 1. The van der Waals surface area contributed by atoms with Gasteiger partial charge in [-0.15, -0.1) is 0 Å². The Kier molecular flexibility index (Phi) is 5.89. The van der Waals surface area contributed by atoms with Gasteiger partial charge in [0.1, 0.15) is 17.7 Å². The smallest absolute Gasteiger partial charge is 0.254 e. The van der Waals surface area contributed by atoms with Crippen LogP contribution in [0.25, 0.3) is 0 Å². The van der Waals surface area contributed by atoms with Gasteiger partial charge in [0.25, 0.3) is 5.91 Å². The molecule has 1 fully saturated rings. The van der Waals surface area contributed by atoms with Crippen molar-refractivity contribution in [3.8, 4) is 5.75 Å². The van der Waals surface area contributed by atoms with Crippen LogP contribution in [0.1, 0.15) is 35.7 Å². The van der Waals surface area contributed by atoms with Gasteiger partial charge in [0.05, 0.1) is 6.61 Å². The largest absolute Gasteiger partial charge is 0.488 e. The lowest BCUT2D eigenvalue weighted by atomic mass is 10.1. The van der Waals surface area contributed by atoms with Crippen molar-refractivity contribution in [3.05, 3.63) is 65.5 Å². The Labute approximate surface area is 153 Å². The zero-order valence-electron chi connectivity index (χ0n) is 15.2. The Morgan fingerprint density at radius 3 is 2.62 bits per heavy atom. The van der Waals surface area contributed by atoms with Crippen LogP contribution in [0.2, 0.25) is 0 Å². The summed E-state index contributed by atoms with van der Waals surface area (Å²) in [7, 11) is 1.64. The quantitative estimate of drug-likeness (QED) is 0.716. The number of benzene rings is 2. The van der Waals surface area contributed by atoms with E-state index >= 15 is 0 Å². The number of nitrogens with zero attached hydrogens (tertiary/aromatic N) is 1. The molecule has 26 heavy (non-hydrogen) atoms. The molecule has 0 aromatic heterocycles. The van der Waals surface area contributed by atoms with Crippen LogP contribution in [0.3, 0.4) is 0 Å². The number of ether oxygens (including phenoxy) is 2. The summed E-state index contributed by atoms with van der Waals surface area (Å²) < 4.78 is 24.1. The molecule has 2 aromatic rings. The van der Waals surface area contributed by atoms with Crippen LogP contribution in [0.15, 0.2) is 48.5 Å². The van der Waals surface area contributed by atoms with Gasteiger partial charge in [-0.1, -0.05) is 12.1 Å².